The smallest absolute Gasteiger partial charge is 0.232 e. The molecule has 0 heterocycles. The zero-order valence-electron chi connectivity index (χ0n) is 14.8. The molecule has 0 spiro atoms. The lowest BCUT2D eigenvalue weighted by Crippen LogP contribution is -2.25. The number of amides is 1. The SMILES string of the molecule is CC[C@H](C)c1ccccc1NC(=O)[C@@H](c1ccc(Cl)cc1)C(C)C. The summed E-state index contributed by atoms with van der Waals surface area (Å²) in [5.74, 6) is 0.437. The lowest BCUT2D eigenvalue weighted by molar-refractivity contribution is -0.118. The van der Waals surface area contributed by atoms with Crippen molar-refractivity contribution in [2.24, 2.45) is 5.92 Å². The lowest BCUT2D eigenvalue weighted by atomic mass is 9.87. The Bertz CT molecular complexity index is 678. The van der Waals surface area contributed by atoms with Gasteiger partial charge in [0.25, 0.3) is 0 Å². The van der Waals surface area contributed by atoms with E-state index in [1.165, 1.54) is 5.56 Å². The molecule has 2 rings (SSSR count). The van der Waals surface area contributed by atoms with Gasteiger partial charge in [0.1, 0.15) is 0 Å². The van der Waals surface area contributed by atoms with Crippen LogP contribution in [0.25, 0.3) is 0 Å². The molecule has 2 atom stereocenters. The Balaban J connectivity index is 2.28. The van der Waals surface area contributed by atoms with Crippen LogP contribution in [0.2, 0.25) is 5.02 Å². The molecular weight excluding hydrogens is 318 g/mol. The second-order valence-corrected chi connectivity index (χ2v) is 7.10. The third kappa shape index (κ3) is 4.39. The first-order chi connectivity index (χ1) is 11.4. The summed E-state index contributed by atoms with van der Waals surface area (Å²) in [4.78, 5) is 13.0. The maximum absolute atomic E-state index is 13.0. The van der Waals surface area contributed by atoms with Gasteiger partial charge in [-0.3, -0.25) is 4.79 Å². The molecule has 1 N–H and O–H groups in total. The highest BCUT2D eigenvalue weighted by Crippen LogP contribution is 2.30. The lowest BCUT2D eigenvalue weighted by Gasteiger charge is -2.23. The van der Waals surface area contributed by atoms with E-state index in [9.17, 15) is 4.79 Å². The van der Waals surface area contributed by atoms with E-state index >= 15 is 0 Å². The molecule has 0 bridgehead atoms. The van der Waals surface area contributed by atoms with Crippen LogP contribution in [0.4, 0.5) is 5.69 Å². The van der Waals surface area contributed by atoms with Gasteiger partial charge in [-0.05, 0) is 47.6 Å². The topological polar surface area (TPSA) is 29.1 Å². The van der Waals surface area contributed by atoms with Crippen molar-refractivity contribution in [2.75, 3.05) is 5.32 Å². The number of benzene rings is 2. The average molecular weight is 344 g/mol. The summed E-state index contributed by atoms with van der Waals surface area (Å²) in [6.45, 7) is 8.48. The standard InChI is InChI=1S/C21H26ClNO/c1-5-15(4)18-8-6-7-9-19(18)23-21(24)20(14(2)3)16-10-12-17(22)13-11-16/h6-15,20H,5H2,1-4H3,(H,23,24)/t15-,20+/m0/s1. The molecule has 0 fully saturated rings. The summed E-state index contributed by atoms with van der Waals surface area (Å²) in [6, 6.07) is 15.6. The van der Waals surface area contributed by atoms with Gasteiger partial charge in [-0.15, -0.1) is 0 Å². The van der Waals surface area contributed by atoms with Crippen molar-refractivity contribution in [3.8, 4) is 0 Å². The van der Waals surface area contributed by atoms with E-state index in [2.05, 4.69) is 39.1 Å². The number of nitrogens with one attached hydrogen (secondary N) is 1. The number of halogens is 1. The molecule has 0 aliphatic heterocycles. The van der Waals surface area contributed by atoms with Crippen LogP contribution in [-0.2, 0) is 4.79 Å². The van der Waals surface area contributed by atoms with E-state index in [1.54, 1.807) is 0 Å². The average Bonchev–Trinajstić information content (AvgIpc) is 2.56. The summed E-state index contributed by atoms with van der Waals surface area (Å²) < 4.78 is 0. The van der Waals surface area contributed by atoms with E-state index < -0.39 is 0 Å². The predicted octanol–water partition coefficient (Wildman–Crippen LogP) is 6.23. The number of anilines is 1. The van der Waals surface area contributed by atoms with E-state index in [4.69, 9.17) is 11.6 Å². The Kier molecular flexibility index (Phi) is 6.44. The molecule has 0 radical (unpaired) electrons. The maximum atomic E-state index is 13.0. The summed E-state index contributed by atoms with van der Waals surface area (Å²) in [5.41, 5.74) is 3.09. The highest BCUT2D eigenvalue weighted by molar-refractivity contribution is 6.30. The van der Waals surface area contributed by atoms with Gasteiger partial charge < -0.3 is 5.32 Å². The zero-order valence-corrected chi connectivity index (χ0v) is 15.6. The number of rotatable bonds is 6. The molecule has 1 amide bonds. The van der Waals surface area contributed by atoms with Gasteiger partial charge in [0.2, 0.25) is 5.91 Å². The predicted molar refractivity (Wildman–Crippen MR) is 103 cm³/mol. The van der Waals surface area contributed by atoms with Crippen LogP contribution < -0.4 is 5.32 Å². The van der Waals surface area contributed by atoms with Gasteiger partial charge in [0, 0.05) is 10.7 Å². The Morgan fingerprint density at radius 2 is 1.67 bits per heavy atom. The van der Waals surface area contributed by atoms with Gasteiger partial charge in [-0.25, -0.2) is 0 Å². The zero-order chi connectivity index (χ0) is 17.7. The van der Waals surface area contributed by atoms with Crippen LogP contribution in [-0.4, -0.2) is 5.91 Å². The van der Waals surface area contributed by atoms with Crippen molar-refractivity contribution in [1.82, 2.24) is 0 Å². The second-order valence-electron chi connectivity index (χ2n) is 6.66. The minimum Gasteiger partial charge on any atom is -0.325 e. The molecule has 3 heteroatoms. The molecule has 0 aliphatic rings. The fraction of sp³-hybridized carbons (Fsp3) is 0.381. The number of hydrogen-bond donors (Lipinski definition) is 1. The summed E-state index contributed by atoms with van der Waals surface area (Å²) >= 11 is 5.98. The molecule has 2 nitrogen and oxygen atoms in total. The molecule has 0 aromatic heterocycles. The molecule has 2 aromatic rings. The van der Waals surface area contributed by atoms with Crippen molar-refractivity contribution >= 4 is 23.2 Å². The Morgan fingerprint density at radius 1 is 1.04 bits per heavy atom. The molecule has 128 valence electrons. The molecule has 0 unspecified atom stereocenters. The fourth-order valence-electron chi connectivity index (χ4n) is 2.98. The summed E-state index contributed by atoms with van der Waals surface area (Å²) in [5, 5.41) is 3.83. The molecule has 0 saturated carbocycles. The monoisotopic (exact) mass is 343 g/mol. The van der Waals surface area contributed by atoms with Crippen molar-refractivity contribution in [3.05, 3.63) is 64.7 Å². The van der Waals surface area contributed by atoms with Crippen molar-refractivity contribution in [1.29, 1.82) is 0 Å². The molecule has 0 saturated heterocycles. The Hall–Kier alpha value is -1.80. The van der Waals surface area contributed by atoms with Gasteiger partial charge >= 0.3 is 0 Å². The van der Waals surface area contributed by atoms with E-state index in [1.807, 2.05) is 42.5 Å². The minimum atomic E-state index is -0.202. The Morgan fingerprint density at radius 3 is 2.25 bits per heavy atom. The van der Waals surface area contributed by atoms with E-state index in [0.29, 0.717) is 10.9 Å². The van der Waals surface area contributed by atoms with E-state index in [-0.39, 0.29) is 17.7 Å². The summed E-state index contributed by atoms with van der Waals surface area (Å²) in [7, 11) is 0. The number of carbonyl (C=O) groups is 1. The Labute approximate surface area is 150 Å². The van der Waals surface area contributed by atoms with E-state index in [0.717, 1.165) is 17.7 Å². The highest BCUT2D eigenvalue weighted by Gasteiger charge is 2.25. The maximum Gasteiger partial charge on any atom is 0.232 e. The number of hydrogen-bond acceptors (Lipinski definition) is 1. The first-order valence-electron chi connectivity index (χ1n) is 8.59. The van der Waals surface area contributed by atoms with Gasteiger partial charge in [-0.1, -0.05) is 69.6 Å². The van der Waals surface area contributed by atoms with Crippen LogP contribution >= 0.6 is 11.6 Å². The number of para-hydroxylation sites is 1. The fourth-order valence-corrected chi connectivity index (χ4v) is 3.11. The van der Waals surface area contributed by atoms with Crippen LogP contribution in [0.3, 0.4) is 0 Å². The third-order valence-electron chi connectivity index (χ3n) is 4.54. The van der Waals surface area contributed by atoms with Crippen LogP contribution in [0.15, 0.2) is 48.5 Å². The third-order valence-corrected chi connectivity index (χ3v) is 4.79. The van der Waals surface area contributed by atoms with Crippen LogP contribution in [0.5, 0.6) is 0 Å². The van der Waals surface area contributed by atoms with Crippen LogP contribution in [0.1, 0.15) is 57.1 Å². The number of carbonyl (C=O) groups excluding carboxylic acids is 1. The molecule has 24 heavy (non-hydrogen) atoms. The normalized spacial score (nSPS) is 13.6. The van der Waals surface area contributed by atoms with Gasteiger partial charge in [0.15, 0.2) is 0 Å². The quantitative estimate of drug-likeness (QED) is 0.661. The first kappa shape index (κ1) is 18.5. The highest BCUT2D eigenvalue weighted by atomic mass is 35.5. The molecular formula is C21H26ClNO. The van der Waals surface area contributed by atoms with Gasteiger partial charge in [0.05, 0.1) is 5.92 Å². The first-order valence-corrected chi connectivity index (χ1v) is 8.97. The van der Waals surface area contributed by atoms with Crippen molar-refractivity contribution in [3.63, 3.8) is 0 Å². The summed E-state index contributed by atoms with van der Waals surface area (Å²) in [6.07, 6.45) is 1.04. The van der Waals surface area contributed by atoms with Crippen molar-refractivity contribution in [2.45, 2.75) is 46.0 Å². The van der Waals surface area contributed by atoms with Gasteiger partial charge in [-0.2, -0.15) is 0 Å². The largest absolute Gasteiger partial charge is 0.325 e. The minimum absolute atomic E-state index is 0.0306. The van der Waals surface area contributed by atoms with Crippen LogP contribution in [0, 0.1) is 5.92 Å². The molecule has 0 aliphatic carbocycles. The second kappa shape index (κ2) is 8.34. The molecule has 2 aromatic carbocycles. The van der Waals surface area contributed by atoms with Crippen molar-refractivity contribution < 1.29 is 4.79 Å².